The highest BCUT2D eigenvalue weighted by Gasteiger charge is 2.29. The molecule has 1 aliphatic rings. The predicted octanol–water partition coefficient (Wildman–Crippen LogP) is 3.16. The molecular weight excluding hydrogens is 392 g/mol. The van der Waals surface area contributed by atoms with Crippen molar-refractivity contribution in [2.75, 3.05) is 7.05 Å². The highest BCUT2D eigenvalue weighted by Crippen LogP contribution is 2.40. The molecular formula is C9H9I2NO. The molecule has 0 aromatic heterocycles. The van der Waals surface area contributed by atoms with E-state index in [-0.39, 0.29) is 4.23 Å². The van der Waals surface area contributed by atoms with Crippen molar-refractivity contribution in [3.8, 4) is 5.75 Å². The lowest BCUT2D eigenvalue weighted by atomic mass is 10.2. The Morgan fingerprint density at radius 3 is 2.77 bits per heavy atom. The van der Waals surface area contributed by atoms with Crippen LogP contribution in [0.2, 0.25) is 0 Å². The van der Waals surface area contributed by atoms with Crippen molar-refractivity contribution in [3.63, 3.8) is 0 Å². The van der Waals surface area contributed by atoms with E-state index in [0.29, 0.717) is 4.05 Å². The summed E-state index contributed by atoms with van der Waals surface area (Å²) in [5, 5.41) is 0. The fourth-order valence-corrected chi connectivity index (χ4v) is 3.31. The first-order valence-corrected chi connectivity index (χ1v) is 6.45. The summed E-state index contributed by atoms with van der Waals surface area (Å²) in [5.74, 6) is 1.01. The molecule has 1 aromatic carbocycles. The van der Waals surface area contributed by atoms with Crippen LogP contribution in [0.5, 0.6) is 5.75 Å². The second-order valence-electron chi connectivity index (χ2n) is 2.95. The smallest absolute Gasteiger partial charge is 0.205 e. The third kappa shape index (κ3) is 1.80. The summed E-state index contributed by atoms with van der Waals surface area (Å²) in [6, 6.07) is 8.21. The monoisotopic (exact) mass is 401 g/mol. The van der Waals surface area contributed by atoms with E-state index in [4.69, 9.17) is 4.74 Å². The van der Waals surface area contributed by atoms with Gasteiger partial charge in [0, 0.05) is 5.56 Å². The van der Waals surface area contributed by atoms with Crippen LogP contribution in [0.25, 0.3) is 0 Å². The van der Waals surface area contributed by atoms with Gasteiger partial charge in [-0.05, 0) is 35.7 Å². The minimum atomic E-state index is 0.134. The minimum absolute atomic E-state index is 0.134. The first-order chi connectivity index (χ1) is 6.20. The van der Waals surface area contributed by atoms with Crippen molar-refractivity contribution in [1.29, 1.82) is 0 Å². The third-order valence-corrected chi connectivity index (χ3v) is 4.76. The van der Waals surface area contributed by atoms with Crippen molar-refractivity contribution in [2.24, 2.45) is 0 Å². The van der Waals surface area contributed by atoms with Crippen LogP contribution in [-0.2, 0) is 0 Å². The standard InChI is InChI=1S/C9H9I2NO/c1-12-8(10)6-4-2-3-5-7(6)13-9(12)11/h2-5,8-9H,1H3. The van der Waals surface area contributed by atoms with Crippen LogP contribution in [-0.4, -0.2) is 16.2 Å². The molecule has 2 rings (SSSR count). The van der Waals surface area contributed by atoms with Crippen LogP contribution in [0.1, 0.15) is 9.61 Å². The molecule has 0 bridgehead atoms. The zero-order chi connectivity index (χ0) is 9.42. The highest BCUT2D eigenvalue weighted by atomic mass is 127. The Labute approximate surface area is 105 Å². The molecule has 4 heteroatoms. The maximum absolute atomic E-state index is 5.72. The minimum Gasteiger partial charge on any atom is -0.466 e. The number of ether oxygens (including phenoxy) is 1. The average Bonchev–Trinajstić information content (AvgIpc) is 2.15. The molecule has 2 atom stereocenters. The van der Waals surface area contributed by atoms with E-state index in [1.807, 2.05) is 12.1 Å². The molecule has 1 aromatic rings. The molecule has 0 saturated heterocycles. The first kappa shape index (κ1) is 9.97. The molecule has 0 saturated carbocycles. The summed E-state index contributed by atoms with van der Waals surface area (Å²) >= 11 is 4.72. The van der Waals surface area contributed by atoms with E-state index in [1.54, 1.807) is 0 Å². The second-order valence-corrected chi connectivity index (χ2v) is 5.19. The Hall–Kier alpha value is 0.440. The van der Waals surface area contributed by atoms with Gasteiger partial charge in [0.1, 0.15) is 5.75 Å². The summed E-state index contributed by atoms with van der Waals surface area (Å²) < 4.78 is 6.26. The van der Waals surface area contributed by atoms with Crippen LogP contribution in [0.4, 0.5) is 0 Å². The van der Waals surface area contributed by atoms with E-state index >= 15 is 0 Å². The Balaban J connectivity index is 2.43. The van der Waals surface area contributed by atoms with Crippen LogP contribution in [0.3, 0.4) is 0 Å². The summed E-state index contributed by atoms with van der Waals surface area (Å²) in [6.45, 7) is 0. The number of hydrogen-bond acceptors (Lipinski definition) is 2. The normalized spacial score (nSPS) is 27.9. The molecule has 2 unspecified atom stereocenters. The topological polar surface area (TPSA) is 12.5 Å². The molecule has 1 aliphatic heterocycles. The fraction of sp³-hybridized carbons (Fsp3) is 0.333. The largest absolute Gasteiger partial charge is 0.466 e. The Morgan fingerprint density at radius 2 is 2.00 bits per heavy atom. The SMILES string of the molecule is CN1C(I)Oc2ccccc2C1I. The molecule has 0 amide bonds. The van der Waals surface area contributed by atoms with E-state index in [9.17, 15) is 0 Å². The predicted molar refractivity (Wildman–Crippen MR) is 69.4 cm³/mol. The van der Waals surface area contributed by atoms with Crippen molar-refractivity contribution in [3.05, 3.63) is 29.8 Å². The fourth-order valence-electron chi connectivity index (χ4n) is 1.29. The van der Waals surface area contributed by atoms with E-state index < -0.39 is 0 Å². The number of hydrogen-bond donors (Lipinski definition) is 0. The second kappa shape index (κ2) is 3.90. The van der Waals surface area contributed by atoms with Crippen LogP contribution in [0.15, 0.2) is 24.3 Å². The van der Waals surface area contributed by atoms with Crippen molar-refractivity contribution in [2.45, 2.75) is 8.28 Å². The molecule has 0 aliphatic carbocycles. The number of halogens is 2. The third-order valence-electron chi connectivity index (χ3n) is 2.08. The van der Waals surface area contributed by atoms with Gasteiger partial charge in [-0.2, -0.15) is 0 Å². The highest BCUT2D eigenvalue weighted by molar-refractivity contribution is 14.1. The molecule has 70 valence electrons. The van der Waals surface area contributed by atoms with Gasteiger partial charge in [0.2, 0.25) is 4.23 Å². The summed E-state index contributed by atoms with van der Waals surface area (Å²) in [7, 11) is 2.07. The van der Waals surface area contributed by atoms with Gasteiger partial charge in [-0.1, -0.05) is 40.8 Å². The number of rotatable bonds is 0. The van der Waals surface area contributed by atoms with Gasteiger partial charge in [-0.25, -0.2) is 4.90 Å². The molecule has 2 nitrogen and oxygen atoms in total. The van der Waals surface area contributed by atoms with Gasteiger partial charge < -0.3 is 4.74 Å². The van der Waals surface area contributed by atoms with E-state index in [1.165, 1.54) is 5.56 Å². The summed E-state index contributed by atoms with van der Waals surface area (Å²) in [5.41, 5.74) is 1.26. The summed E-state index contributed by atoms with van der Waals surface area (Å²) in [6.07, 6.45) is 0. The van der Waals surface area contributed by atoms with Gasteiger partial charge in [-0.3, -0.25) is 0 Å². The molecule has 0 N–H and O–H groups in total. The van der Waals surface area contributed by atoms with Crippen LogP contribution >= 0.6 is 45.2 Å². The molecule has 0 spiro atoms. The Kier molecular flexibility index (Phi) is 2.99. The lowest BCUT2D eigenvalue weighted by Crippen LogP contribution is -2.36. The number of para-hydroxylation sites is 1. The zero-order valence-electron chi connectivity index (χ0n) is 7.08. The lowest BCUT2D eigenvalue weighted by Gasteiger charge is -2.34. The number of fused-ring (bicyclic) bond motifs is 1. The van der Waals surface area contributed by atoms with Crippen molar-refractivity contribution >= 4 is 45.2 Å². The average molecular weight is 401 g/mol. The van der Waals surface area contributed by atoms with Crippen molar-refractivity contribution in [1.82, 2.24) is 4.90 Å². The molecule has 1 heterocycles. The Bertz CT molecular complexity index is 318. The van der Waals surface area contributed by atoms with Crippen molar-refractivity contribution < 1.29 is 4.74 Å². The van der Waals surface area contributed by atoms with Crippen LogP contribution in [0, 0.1) is 0 Å². The van der Waals surface area contributed by atoms with Gasteiger partial charge >= 0.3 is 0 Å². The van der Waals surface area contributed by atoms with Gasteiger partial charge in [0.05, 0.1) is 4.05 Å². The maximum Gasteiger partial charge on any atom is 0.205 e. The van der Waals surface area contributed by atoms with Gasteiger partial charge in [-0.15, -0.1) is 0 Å². The number of alkyl halides is 2. The number of nitrogens with zero attached hydrogens (tertiary/aromatic N) is 1. The maximum atomic E-state index is 5.72. The first-order valence-electron chi connectivity index (χ1n) is 3.96. The van der Waals surface area contributed by atoms with Gasteiger partial charge in [0.25, 0.3) is 0 Å². The molecule has 13 heavy (non-hydrogen) atoms. The van der Waals surface area contributed by atoms with E-state index in [0.717, 1.165) is 5.75 Å². The zero-order valence-corrected chi connectivity index (χ0v) is 11.4. The molecule has 0 radical (unpaired) electrons. The Morgan fingerprint density at radius 1 is 1.31 bits per heavy atom. The van der Waals surface area contributed by atoms with Gasteiger partial charge in [0.15, 0.2) is 0 Å². The number of benzene rings is 1. The lowest BCUT2D eigenvalue weighted by molar-refractivity contribution is 0.106. The quantitative estimate of drug-likeness (QED) is 0.377. The van der Waals surface area contributed by atoms with E-state index in [2.05, 4.69) is 69.3 Å². The van der Waals surface area contributed by atoms with Crippen LogP contribution < -0.4 is 4.74 Å². The summed E-state index contributed by atoms with van der Waals surface area (Å²) in [4.78, 5) is 2.20. The molecule has 0 fully saturated rings.